The van der Waals surface area contributed by atoms with Crippen molar-refractivity contribution in [2.24, 2.45) is 0 Å². The van der Waals surface area contributed by atoms with Gasteiger partial charge >= 0.3 is 0 Å². The van der Waals surface area contributed by atoms with Crippen LogP contribution in [0.4, 0.5) is 0 Å². The van der Waals surface area contributed by atoms with Crippen molar-refractivity contribution in [1.82, 2.24) is 10.6 Å². The first-order valence-corrected chi connectivity index (χ1v) is 4.94. The number of ether oxygens (including phenoxy) is 1. The molecule has 0 aliphatic carbocycles. The first-order valence-electron chi connectivity index (χ1n) is 4.94. The monoisotopic (exact) mass is 206 g/mol. The SMILES string of the molecule is CC1(C2CCCCN2)NCCO1.Cl. The van der Waals surface area contributed by atoms with Gasteiger partial charge < -0.3 is 10.1 Å². The van der Waals surface area contributed by atoms with Gasteiger partial charge in [0.2, 0.25) is 0 Å². The van der Waals surface area contributed by atoms with Crippen molar-refractivity contribution in [3.05, 3.63) is 0 Å². The number of nitrogens with one attached hydrogen (secondary N) is 2. The lowest BCUT2D eigenvalue weighted by molar-refractivity contribution is -0.0320. The Labute approximate surface area is 86.0 Å². The van der Waals surface area contributed by atoms with Gasteiger partial charge in [0.15, 0.2) is 0 Å². The Bertz CT molecular complexity index is 154. The number of hydrogen-bond donors (Lipinski definition) is 2. The summed E-state index contributed by atoms with van der Waals surface area (Å²) in [6.45, 7) is 5.15. The molecule has 2 aliphatic rings. The standard InChI is InChI=1S/C9H18N2O.ClH/c1-9(11-6-7-12-9)8-4-2-3-5-10-8;/h8,10-11H,2-7H2,1H3;1H. The molecule has 2 heterocycles. The zero-order valence-corrected chi connectivity index (χ0v) is 8.95. The Morgan fingerprint density at radius 2 is 2.15 bits per heavy atom. The van der Waals surface area contributed by atoms with E-state index < -0.39 is 0 Å². The molecule has 3 nitrogen and oxygen atoms in total. The molecule has 0 amide bonds. The smallest absolute Gasteiger partial charge is 0.131 e. The van der Waals surface area contributed by atoms with E-state index >= 15 is 0 Å². The van der Waals surface area contributed by atoms with Crippen LogP contribution in [0.25, 0.3) is 0 Å². The van der Waals surface area contributed by atoms with Crippen LogP contribution in [-0.2, 0) is 4.74 Å². The maximum absolute atomic E-state index is 5.71. The van der Waals surface area contributed by atoms with Gasteiger partial charge in [0.05, 0.1) is 6.61 Å². The zero-order chi connectivity index (χ0) is 8.44. The highest BCUT2D eigenvalue weighted by Crippen LogP contribution is 2.22. The van der Waals surface area contributed by atoms with Crippen molar-refractivity contribution >= 4 is 12.4 Å². The molecule has 2 fully saturated rings. The number of piperidine rings is 1. The van der Waals surface area contributed by atoms with Crippen LogP contribution in [0.3, 0.4) is 0 Å². The van der Waals surface area contributed by atoms with Gasteiger partial charge in [-0.2, -0.15) is 0 Å². The summed E-state index contributed by atoms with van der Waals surface area (Å²) in [5, 5.41) is 6.93. The number of rotatable bonds is 1. The summed E-state index contributed by atoms with van der Waals surface area (Å²) in [7, 11) is 0. The lowest BCUT2D eigenvalue weighted by atomic mass is 9.96. The number of hydrogen-bond acceptors (Lipinski definition) is 3. The molecule has 4 heteroatoms. The maximum Gasteiger partial charge on any atom is 0.131 e. The van der Waals surface area contributed by atoms with E-state index in [2.05, 4.69) is 17.6 Å². The Kier molecular flexibility index (Phi) is 3.98. The van der Waals surface area contributed by atoms with Crippen LogP contribution in [0, 0.1) is 0 Å². The molecule has 2 N–H and O–H groups in total. The van der Waals surface area contributed by atoms with Gasteiger partial charge in [-0.25, -0.2) is 0 Å². The minimum Gasteiger partial charge on any atom is -0.358 e. The van der Waals surface area contributed by atoms with Crippen LogP contribution >= 0.6 is 12.4 Å². The quantitative estimate of drug-likeness (QED) is 0.669. The third kappa shape index (κ3) is 2.34. The molecule has 2 saturated heterocycles. The van der Waals surface area contributed by atoms with E-state index in [1.54, 1.807) is 0 Å². The fraction of sp³-hybridized carbons (Fsp3) is 1.00. The highest BCUT2D eigenvalue weighted by molar-refractivity contribution is 5.85. The van der Waals surface area contributed by atoms with E-state index in [1.807, 2.05) is 0 Å². The Morgan fingerprint density at radius 3 is 2.69 bits per heavy atom. The van der Waals surface area contributed by atoms with Gasteiger partial charge in [-0.3, -0.25) is 5.32 Å². The average Bonchev–Trinajstić information content (AvgIpc) is 2.55. The third-order valence-electron chi connectivity index (χ3n) is 2.96. The summed E-state index contributed by atoms with van der Waals surface area (Å²) in [6.07, 6.45) is 3.88. The predicted octanol–water partition coefficient (Wildman–Crippen LogP) is 0.886. The molecule has 78 valence electrons. The topological polar surface area (TPSA) is 33.3 Å². The first kappa shape index (κ1) is 11.2. The second-order valence-corrected chi connectivity index (χ2v) is 3.88. The molecule has 2 atom stereocenters. The van der Waals surface area contributed by atoms with Crippen molar-refractivity contribution in [3.63, 3.8) is 0 Å². The summed E-state index contributed by atoms with van der Waals surface area (Å²) < 4.78 is 5.71. The van der Waals surface area contributed by atoms with Crippen LogP contribution in [-0.4, -0.2) is 31.5 Å². The Balaban J connectivity index is 0.000000845. The van der Waals surface area contributed by atoms with Crippen LogP contribution < -0.4 is 10.6 Å². The molecule has 0 aromatic rings. The summed E-state index contributed by atoms with van der Waals surface area (Å²) >= 11 is 0. The molecule has 2 unspecified atom stereocenters. The summed E-state index contributed by atoms with van der Waals surface area (Å²) in [5.41, 5.74) is -0.0968. The second kappa shape index (κ2) is 4.60. The van der Waals surface area contributed by atoms with Gasteiger partial charge in [0, 0.05) is 12.6 Å². The lowest BCUT2D eigenvalue weighted by Crippen LogP contribution is -2.57. The molecule has 0 bridgehead atoms. The van der Waals surface area contributed by atoms with Crippen molar-refractivity contribution in [1.29, 1.82) is 0 Å². The molecule has 0 saturated carbocycles. The molecular weight excluding hydrogens is 188 g/mol. The van der Waals surface area contributed by atoms with E-state index in [0.717, 1.165) is 19.7 Å². The van der Waals surface area contributed by atoms with E-state index in [9.17, 15) is 0 Å². The van der Waals surface area contributed by atoms with Crippen molar-refractivity contribution in [3.8, 4) is 0 Å². The Hall–Kier alpha value is 0.170. The number of halogens is 1. The molecule has 0 aromatic heterocycles. The van der Waals surface area contributed by atoms with Gasteiger partial charge in [0.1, 0.15) is 5.72 Å². The first-order chi connectivity index (χ1) is 5.81. The minimum absolute atomic E-state index is 0. The minimum atomic E-state index is -0.0968. The molecule has 2 aliphatic heterocycles. The fourth-order valence-corrected chi connectivity index (χ4v) is 2.16. The van der Waals surface area contributed by atoms with E-state index in [1.165, 1.54) is 19.3 Å². The molecule has 2 rings (SSSR count). The van der Waals surface area contributed by atoms with Gasteiger partial charge in [-0.15, -0.1) is 12.4 Å². The molecule has 0 radical (unpaired) electrons. The highest BCUT2D eigenvalue weighted by Gasteiger charge is 2.38. The summed E-state index contributed by atoms with van der Waals surface area (Å²) in [4.78, 5) is 0. The zero-order valence-electron chi connectivity index (χ0n) is 8.14. The molecule has 0 aromatic carbocycles. The summed E-state index contributed by atoms with van der Waals surface area (Å²) in [5.74, 6) is 0. The van der Waals surface area contributed by atoms with Crippen molar-refractivity contribution in [2.75, 3.05) is 19.7 Å². The molecular formula is C9H19ClN2O. The average molecular weight is 207 g/mol. The second-order valence-electron chi connectivity index (χ2n) is 3.88. The Morgan fingerprint density at radius 1 is 1.31 bits per heavy atom. The molecule has 0 spiro atoms. The van der Waals surface area contributed by atoms with E-state index in [-0.39, 0.29) is 18.1 Å². The van der Waals surface area contributed by atoms with Crippen LogP contribution in [0.2, 0.25) is 0 Å². The van der Waals surface area contributed by atoms with Crippen LogP contribution in [0.1, 0.15) is 26.2 Å². The highest BCUT2D eigenvalue weighted by atomic mass is 35.5. The fourth-order valence-electron chi connectivity index (χ4n) is 2.16. The molecule has 13 heavy (non-hydrogen) atoms. The third-order valence-corrected chi connectivity index (χ3v) is 2.96. The van der Waals surface area contributed by atoms with Gasteiger partial charge in [-0.1, -0.05) is 6.42 Å². The largest absolute Gasteiger partial charge is 0.358 e. The van der Waals surface area contributed by atoms with E-state index in [0.29, 0.717) is 6.04 Å². The van der Waals surface area contributed by atoms with Gasteiger partial charge in [0.25, 0.3) is 0 Å². The van der Waals surface area contributed by atoms with Crippen LogP contribution in [0.15, 0.2) is 0 Å². The van der Waals surface area contributed by atoms with Crippen molar-refractivity contribution < 1.29 is 4.74 Å². The predicted molar refractivity (Wildman–Crippen MR) is 55.2 cm³/mol. The van der Waals surface area contributed by atoms with Crippen molar-refractivity contribution in [2.45, 2.75) is 38.0 Å². The van der Waals surface area contributed by atoms with Gasteiger partial charge in [-0.05, 0) is 26.3 Å². The maximum atomic E-state index is 5.71. The van der Waals surface area contributed by atoms with Crippen LogP contribution in [0.5, 0.6) is 0 Å². The summed E-state index contributed by atoms with van der Waals surface area (Å²) in [6, 6.07) is 0.508. The normalized spacial score (nSPS) is 39.9. The lowest BCUT2D eigenvalue weighted by Gasteiger charge is -2.36. The van der Waals surface area contributed by atoms with E-state index in [4.69, 9.17) is 4.74 Å².